The summed E-state index contributed by atoms with van der Waals surface area (Å²) in [6.07, 6.45) is 1.70. The predicted octanol–water partition coefficient (Wildman–Crippen LogP) is 4.56. The van der Waals surface area contributed by atoms with Gasteiger partial charge in [-0.3, -0.25) is 0 Å². The number of hydrogen-bond donors (Lipinski definition) is 0. The molecule has 122 valence electrons. The Morgan fingerprint density at radius 1 is 1.08 bits per heavy atom. The van der Waals surface area contributed by atoms with Crippen LogP contribution in [-0.4, -0.2) is 18.1 Å². The Kier molecular flexibility index (Phi) is 5.33. The number of esters is 1. The first-order valence-electron chi connectivity index (χ1n) is 7.51. The van der Waals surface area contributed by atoms with Crippen LogP contribution >= 0.6 is 11.8 Å². The minimum absolute atomic E-state index is 0.315. The van der Waals surface area contributed by atoms with E-state index in [0.29, 0.717) is 11.5 Å². The Morgan fingerprint density at radius 3 is 2.54 bits per heavy atom. The van der Waals surface area contributed by atoms with Crippen molar-refractivity contribution in [3.05, 3.63) is 77.7 Å². The number of methoxy groups -OCH3 is 1. The first kappa shape index (κ1) is 16.3. The van der Waals surface area contributed by atoms with Gasteiger partial charge in [0.15, 0.2) is 0 Å². The summed E-state index contributed by atoms with van der Waals surface area (Å²) in [5, 5.41) is 0. The molecule has 0 radical (unpaired) electrons. The summed E-state index contributed by atoms with van der Waals surface area (Å²) in [6, 6.07) is 17.3. The van der Waals surface area contributed by atoms with Gasteiger partial charge >= 0.3 is 5.97 Å². The van der Waals surface area contributed by atoms with Gasteiger partial charge in [-0.05, 0) is 29.8 Å². The second-order valence-electron chi connectivity index (χ2n) is 5.19. The second-order valence-corrected chi connectivity index (χ2v) is 6.18. The van der Waals surface area contributed by atoms with Gasteiger partial charge in [-0.2, -0.15) is 11.8 Å². The number of hydrogen-bond acceptors (Lipinski definition) is 5. The Bertz CT molecular complexity index is 797. The fourth-order valence-electron chi connectivity index (χ4n) is 2.21. The van der Waals surface area contributed by atoms with Crippen molar-refractivity contribution < 1.29 is 13.9 Å². The number of benzene rings is 2. The standard InChI is InChI=1S/C19H17NO3S/c1-22-19(21)16-9-7-14(8-10-16)12-24-13-17-11-23-18(20-17)15-5-3-2-4-6-15/h2-11H,12-13H2,1H3. The Morgan fingerprint density at radius 2 is 1.83 bits per heavy atom. The molecule has 0 N–H and O–H groups in total. The zero-order valence-electron chi connectivity index (χ0n) is 13.3. The van der Waals surface area contributed by atoms with Gasteiger partial charge in [0.2, 0.25) is 5.89 Å². The lowest BCUT2D eigenvalue weighted by molar-refractivity contribution is 0.0600. The first-order valence-corrected chi connectivity index (χ1v) is 8.66. The summed E-state index contributed by atoms with van der Waals surface area (Å²) in [4.78, 5) is 15.9. The number of aromatic nitrogens is 1. The average Bonchev–Trinajstić information content (AvgIpc) is 3.11. The van der Waals surface area contributed by atoms with Gasteiger partial charge < -0.3 is 9.15 Å². The summed E-state index contributed by atoms with van der Waals surface area (Å²) >= 11 is 1.75. The maximum atomic E-state index is 11.4. The molecule has 0 atom stereocenters. The highest BCUT2D eigenvalue weighted by Crippen LogP contribution is 2.22. The number of thioether (sulfide) groups is 1. The third-order valence-electron chi connectivity index (χ3n) is 3.47. The van der Waals surface area contributed by atoms with E-state index in [-0.39, 0.29) is 5.97 Å². The molecule has 0 saturated carbocycles. The Labute approximate surface area is 144 Å². The van der Waals surface area contributed by atoms with E-state index in [1.54, 1.807) is 30.2 Å². The van der Waals surface area contributed by atoms with Crippen molar-refractivity contribution in [1.82, 2.24) is 4.98 Å². The number of nitrogens with zero attached hydrogens (tertiary/aromatic N) is 1. The van der Waals surface area contributed by atoms with Gasteiger partial charge in [-0.15, -0.1) is 0 Å². The largest absolute Gasteiger partial charge is 0.465 e. The summed E-state index contributed by atoms with van der Waals surface area (Å²) in [5.74, 6) is 1.95. The molecule has 0 amide bonds. The molecular formula is C19H17NO3S. The van der Waals surface area contributed by atoms with Crippen molar-refractivity contribution in [1.29, 1.82) is 0 Å². The molecule has 5 heteroatoms. The van der Waals surface area contributed by atoms with Crippen LogP contribution in [0.4, 0.5) is 0 Å². The zero-order chi connectivity index (χ0) is 16.8. The normalized spacial score (nSPS) is 10.5. The van der Waals surface area contributed by atoms with E-state index < -0.39 is 0 Å². The molecule has 0 aliphatic rings. The van der Waals surface area contributed by atoms with Crippen LogP contribution in [0.5, 0.6) is 0 Å². The van der Waals surface area contributed by atoms with Crippen LogP contribution in [0.25, 0.3) is 11.5 Å². The second kappa shape index (κ2) is 7.84. The lowest BCUT2D eigenvalue weighted by Gasteiger charge is -2.02. The van der Waals surface area contributed by atoms with Gasteiger partial charge in [-0.1, -0.05) is 30.3 Å². The van der Waals surface area contributed by atoms with Crippen LogP contribution in [0.1, 0.15) is 21.6 Å². The summed E-state index contributed by atoms with van der Waals surface area (Å²) in [6.45, 7) is 0. The summed E-state index contributed by atoms with van der Waals surface area (Å²) in [5.41, 5.74) is 3.62. The van der Waals surface area contributed by atoms with E-state index >= 15 is 0 Å². The predicted molar refractivity (Wildman–Crippen MR) is 94.7 cm³/mol. The third-order valence-corrected chi connectivity index (χ3v) is 4.50. The number of ether oxygens (including phenoxy) is 1. The number of oxazole rings is 1. The van der Waals surface area contributed by atoms with E-state index in [0.717, 1.165) is 28.3 Å². The van der Waals surface area contributed by atoms with Crippen LogP contribution in [0.15, 0.2) is 65.3 Å². The van der Waals surface area contributed by atoms with Gasteiger partial charge in [0.1, 0.15) is 6.26 Å². The molecule has 0 aliphatic heterocycles. The van der Waals surface area contributed by atoms with Crippen LogP contribution < -0.4 is 0 Å². The van der Waals surface area contributed by atoms with Gasteiger partial charge in [-0.25, -0.2) is 9.78 Å². The van der Waals surface area contributed by atoms with Crippen molar-refractivity contribution in [3.63, 3.8) is 0 Å². The SMILES string of the molecule is COC(=O)c1ccc(CSCc2coc(-c3ccccc3)n2)cc1. The third kappa shape index (κ3) is 4.06. The molecule has 2 aromatic carbocycles. The molecule has 0 spiro atoms. The average molecular weight is 339 g/mol. The number of rotatable bonds is 6. The molecule has 3 rings (SSSR count). The fourth-order valence-corrected chi connectivity index (χ4v) is 3.09. The van der Waals surface area contributed by atoms with Crippen LogP contribution in [0, 0.1) is 0 Å². The minimum atomic E-state index is -0.315. The molecule has 24 heavy (non-hydrogen) atoms. The monoisotopic (exact) mass is 339 g/mol. The van der Waals surface area contributed by atoms with E-state index in [2.05, 4.69) is 4.98 Å². The molecule has 3 aromatic rings. The molecule has 0 fully saturated rings. The van der Waals surface area contributed by atoms with Gasteiger partial charge in [0, 0.05) is 17.1 Å². The van der Waals surface area contributed by atoms with Crippen molar-refractivity contribution in [2.75, 3.05) is 7.11 Å². The minimum Gasteiger partial charge on any atom is -0.465 e. The van der Waals surface area contributed by atoms with E-state index in [1.807, 2.05) is 42.5 Å². The molecule has 0 bridgehead atoms. The van der Waals surface area contributed by atoms with E-state index in [9.17, 15) is 4.79 Å². The van der Waals surface area contributed by atoms with Crippen molar-refractivity contribution in [2.24, 2.45) is 0 Å². The van der Waals surface area contributed by atoms with Crippen molar-refractivity contribution in [3.8, 4) is 11.5 Å². The zero-order valence-corrected chi connectivity index (χ0v) is 14.1. The molecule has 0 aliphatic carbocycles. The Hall–Kier alpha value is -2.53. The molecule has 1 heterocycles. The highest BCUT2D eigenvalue weighted by molar-refractivity contribution is 7.97. The smallest absolute Gasteiger partial charge is 0.337 e. The van der Waals surface area contributed by atoms with Gasteiger partial charge in [0.05, 0.1) is 18.4 Å². The summed E-state index contributed by atoms with van der Waals surface area (Å²) < 4.78 is 10.2. The van der Waals surface area contributed by atoms with Crippen molar-refractivity contribution >= 4 is 17.7 Å². The lowest BCUT2D eigenvalue weighted by atomic mass is 10.1. The number of carbonyl (C=O) groups excluding carboxylic acids is 1. The molecule has 0 saturated heterocycles. The maximum Gasteiger partial charge on any atom is 0.337 e. The molecule has 0 unspecified atom stereocenters. The quantitative estimate of drug-likeness (QED) is 0.616. The highest BCUT2D eigenvalue weighted by Gasteiger charge is 2.07. The van der Waals surface area contributed by atoms with Crippen LogP contribution in [0.2, 0.25) is 0 Å². The first-order chi connectivity index (χ1) is 11.8. The fraction of sp³-hybridized carbons (Fsp3) is 0.158. The highest BCUT2D eigenvalue weighted by atomic mass is 32.2. The molecular weight excluding hydrogens is 322 g/mol. The molecule has 1 aromatic heterocycles. The summed E-state index contributed by atoms with van der Waals surface area (Å²) in [7, 11) is 1.38. The lowest BCUT2D eigenvalue weighted by Crippen LogP contribution is -2.00. The topological polar surface area (TPSA) is 52.3 Å². The Balaban J connectivity index is 1.53. The molecule has 4 nitrogen and oxygen atoms in total. The van der Waals surface area contributed by atoms with E-state index in [1.165, 1.54) is 7.11 Å². The van der Waals surface area contributed by atoms with Gasteiger partial charge in [0.25, 0.3) is 0 Å². The van der Waals surface area contributed by atoms with Crippen molar-refractivity contribution in [2.45, 2.75) is 11.5 Å². The number of carbonyl (C=O) groups is 1. The van der Waals surface area contributed by atoms with Crippen LogP contribution in [-0.2, 0) is 16.2 Å². The van der Waals surface area contributed by atoms with E-state index in [4.69, 9.17) is 9.15 Å². The maximum absolute atomic E-state index is 11.4. The van der Waals surface area contributed by atoms with Crippen LogP contribution in [0.3, 0.4) is 0 Å².